The SMILES string of the molecule is NCCCCNS(=O)(=O)c1ccc(Br)c(Cl)c1. The lowest BCUT2D eigenvalue weighted by atomic mass is 10.3. The van der Waals surface area contributed by atoms with Crippen molar-refractivity contribution in [2.75, 3.05) is 13.1 Å². The Kier molecular flexibility index (Phi) is 5.88. The number of nitrogens with one attached hydrogen (secondary N) is 1. The summed E-state index contributed by atoms with van der Waals surface area (Å²) in [7, 11) is -3.48. The minimum atomic E-state index is -3.48. The van der Waals surface area contributed by atoms with Crippen LogP contribution in [0, 0.1) is 0 Å². The van der Waals surface area contributed by atoms with Crippen molar-refractivity contribution in [2.45, 2.75) is 17.7 Å². The zero-order valence-electron chi connectivity index (χ0n) is 9.12. The van der Waals surface area contributed by atoms with Crippen LogP contribution >= 0.6 is 27.5 Å². The Bertz CT molecular complexity index is 479. The van der Waals surface area contributed by atoms with Gasteiger partial charge in [-0.3, -0.25) is 0 Å². The first-order valence-corrected chi connectivity index (χ1v) is 7.77. The Morgan fingerprint density at radius 3 is 2.65 bits per heavy atom. The molecule has 0 aliphatic rings. The Balaban J connectivity index is 2.72. The molecule has 1 aromatic rings. The van der Waals surface area contributed by atoms with E-state index in [4.69, 9.17) is 17.3 Å². The molecule has 0 saturated carbocycles. The van der Waals surface area contributed by atoms with E-state index in [0.717, 1.165) is 12.8 Å². The number of nitrogens with two attached hydrogens (primary N) is 1. The molecule has 7 heteroatoms. The summed E-state index contributed by atoms with van der Waals surface area (Å²) >= 11 is 9.06. The summed E-state index contributed by atoms with van der Waals surface area (Å²) in [5.74, 6) is 0. The lowest BCUT2D eigenvalue weighted by molar-refractivity contribution is 0.577. The molecule has 0 spiro atoms. The normalized spacial score (nSPS) is 11.7. The topological polar surface area (TPSA) is 72.2 Å². The van der Waals surface area contributed by atoms with Crippen LogP contribution in [-0.4, -0.2) is 21.5 Å². The van der Waals surface area contributed by atoms with Gasteiger partial charge in [-0.25, -0.2) is 13.1 Å². The number of sulfonamides is 1. The minimum Gasteiger partial charge on any atom is -0.330 e. The molecule has 0 atom stereocenters. The van der Waals surface area contributed by atoms with Gasteiger partial charge in [0.05, 0.1) is 9.92 Å². The first-order valence-electron chi connectivity index (χ1n) is 5.12. The van der Waals surface area contributed by atoms with Gasteiger partial charge >= 0.3 is 0 Å². The van der Waals surface area contributed by atoms with E-state index < -0.39 is 10.0 Å². The highest BCUT2D eigenvalue weighted by atomic mass is 79.9. The van der Waals surface area contributed by atoms with Crippen LogP contribution in [0.3, 0.4) is 0 Å². The van der Waals surface area contributed by atoms with Crippen LogP contribution in [0.4, 0.5) is 0 Å². The lowest BCUT2D eigenvalue weighted by Gasteiger charge is -2.07. The largest absolute Gasteiger partial charge is 0.330 e. The third-order valence-corrected chi connectivity index (χ3v) is 4.82. The number of hydrogen-bond acceptors (Lipinski definition) is 3. The number of rotatable bonds is 6. The van der Waals surface area contributed by atoms with E-state index in [1.165, 1.54) is 12.1 Å². The van der Waals surface area contributed by atoms with Crippen molar-refractivity contribution in [2.24, 2.45) is 5.73 Å². The molecule has 4 nitrogen and oxygen atoms in total. The predicted molar refractivity (Wildman–Crippen MR) is 72.6 cm³/mol. The van der Waals surface area contributed by atoms with Crippen LogP contribution in [0.5, 0.6) is 0 Å². The van der Waals surface area contributed by atoms with Gasteiger partial charge in [0.2, 0.25) is 10.0 Å². The average Bonchev–Trinajstić information content (AvgIpc) is 2.28. The number of halogens is 2. The highest BCUT2D eigenvalue weighted by Gasteiger charge is 2.14. The van der Waals surface area contributed by atoms with Gasteiger partial charge in [-0.15, -0.1) is 0 Å². The van der Waals surface area contributed by atoms with Gasteiger partial charge in [0, 0.05) is 11.0 Å². The quantitative estimate of drug-likeness (QED) is 0.779. The molecule has 0 aromatic heterocycles. The van der Waals surface area contributed by atoms with Crippen molar-refractivity contribution in [3.8, 4) is 0 Å². The second kappa shape index (κ2) is 6.70. The third kappa shape index (κ3) is 4.56. The maximum absolute atomic E-state index is 11.8. The third-order valence-electron chi connectivity index (χ3n) is 2.12. The smallest absolute Gasteiger partial charge is 0.240 e. The van der Waals surface area contributed by atoms with Crippen molar-refractivity contribution in [1.82, 2.24) is 4.72 Å². The standard InChI is InChI=1S/C10H14BrClN2O2S/c11-9-4-3-8(7-10(9)12)17(15,16)14-6-2-1-5-13/h3-4,7,14H,1-2,5-6,13H2. The second-order valence-corrected chi connectivity index (χ2v) is 6.50. The highest BCUT2D eigenvalue weighted by Crippen LogP contribution is 2.25. The van der Waals surface area contributed by atoms with Gasteiger partial charge in [-0.1, -0.05) is 11.6 Å². The number of benzene rings is 1. The van der Waals surface area contributed by atoms with Gasteiger partial charge in [0.1, 0.15) is 0 Å². The van der Waals surface area contributed by atoms with Crippen LogP contribution in [0.1, 0.15) is 12.8 Å². The van der Waals surface area contributed by atoms with Crippen molar-refractivity contribution in [1.29, 1.82) is 0 Å². The van der Waals surface area contributed by atoms with Gasteiger partial charge < -0.3 is 5.73 Å². The molecule has 17 heavy (non-hydrogen) atoms. The summed E-state index contributed by atoms with van der Waals surface area (Å²) in [5, 5.41) is 0.370. The highest BCUT2D eigenvalue weighted by molar-refractivity contribution is 9.10. The molecule has 96 valence electrons. The van der Waals surface area contributed by atoms with E-state index in [2.05, 4.69) is 20.7 Å². The molecule has 0 aliphatic carbocycles. The fourth-order valence-corrected chi connectivity index (χ4v) is 2.80. The fourth-order valence-electron chi connectivity index (χ4n) is 1.20. The molecule has 0 saturated heterocycles. The first kappa shape index (κ1) is 14.9. The molecule has 0 amide bonds. The second-order valence-electron chi connectivity index (χ2n) is 3.47. The van der Waals surface area contributed by atoms with E-state index >= 15 is 0 Å². The summed E-state index contributed by atoms with van der Waals surface area (Å²) < 4.78 is 26.9. The van der Waals surface area contributed by atoms with Crippen LogP contribution < -0.4 is 10.5 Å². The zero-order valence-corrected chi connectivity index (χ0v) is 12.3. The van der Waals surface area contributed by atoms with Crippen molar-refractivity contribution in [3.63, 3.8) is 0 Å². The molecular weight excluding hydrogens is 328 g/mol. The summed E-state index contributed by atoms with van der Waals surface area (Å²) in [4.78, 5) is 0.165. The molecule has 1 rings (SSSR count). The van der Waals surface area contributed by atoms with Crippen molar-refractivity contribution >= 4 is 37.6 Å². The molecule has 0 unspecified atom stereocenters. The van der Waals surface area contributed by atoms with E-state index in [0.29, 0.717) is 22.6 Å². The Hall–Kier alpha value is -0.140. The maximum atomic E-state index is 11.8. The fraction of sp³-hybridized carbons (Fsp3) is 0.400. The van der Waals surface area contributed by atoms with E-state index in [-0.39, 0.29) is 4.90 Å². The molecule has 0 radical (unpaired) electrons. The zero-order chi connectivity index (χ0) is 12.9. The monoisotopic (exact) mass is 340 g/mol. The molecule has 1 aromatic carbocycles. The van der Waals surface area contributed by atoms with Crippen LogP contribution in [0.2, 0.25) is 5.02 Å². The summed E-state index contributed by atoms with van der Waals surface area (Å²) in [6.07, 6.45) is 1.52. The van der Waals surface area contributed by atoms with Crippen LogP contribution in [-0.2, 0) is 10.0 Å². The van der Waals surface area contributed by atoms with Gasteiger partial charge in [-0.2, -0.15) is 0 Å². The van der Waals surface area contributed by atoms with Gasteiger partial charge in [0.15, 0.2) is 0 Å². The molecule has 0 bridgehead atoms. The van der Waals surface area contributed by atoms with E-state index in [1.807, 2.05) is 0 Å². The predicted octanol–water partition coefficient (Wildman–Crippen LogP) is 2.12. The Morgan fingerprint density at radius 1 is 1.35 bits per heavy atom. The molecule has 3 N–H and O–H groups in total. The molecule has 0 heterocycles. The van der Waals surface area contributed by atoms with E-state index in [1.54, 1.807) is 6.07 Å². The average molecular weight is 342 g/mol. The minimum absolute atomic E-state index is 0.165. The lowest BCUT2D eigenvalue weighted by Crippen LogP contribution is -2.25. The Labute approximate surface area is 115 Å². The number of unbranched alkanes of at least 4 members (excludes halogenated alkanes) is 1. The Morgan fingerprint density at radius 2 is 2.06 bits per heavy atom. The van der Waals surface area contributed by atoms with Crippen LogP contribution in [0.25, 0.3) is 0 Å². The van der Waals surface area contributed by atoms with Crippen molar-refractivity contribution in [3.05, 3.63) is 27.7 Å². The molecule has 0 fully saturated rings. The van der Waals surface area contributed by atoms with Gasteiger partial charge in [0.25, 0.3) is 0 Å². The summed E-state index contributed by atoms with van der Waals surface area (Å²) in [6.45, 7) is 0.944. The summed E-state index contributed by atoms with van der Waals surface area (Å²) in [5.41, 5.74) is 5.33. The molecule has 0 aliphatic heterocycles. The van der Waals surface area contributed by atoms with Crippen LogP contribution in [0.15, 0.2) is 27.6 Å². The van der Waals surface area contributed by atoms with Crippen molar-refractivity contribution < 1.29 is 8.42 Å². The summed E-state index contributed by atoms with van der Waals surface area (Å²) in [6, 6.07) is 4.52. The van der Waals surface area contributed by atoms with Gasteiger partial charge in [-0.05, 0) is 53.5 Å². The first-order chi connectivity index (χ1) is 7.97. The molecular formula is C10H14BrClN2O2S. The maximum Gasteiger partial charge on any atom is 0.240 e. The van der Waals surface area contributed by atoms with E-state index in [9.17, 15) is 8.42 Å². The number of hydrogen-bond donors (Lipinski definition) is 2.